The van der Waals surface area contributed by atoms with Crippen LogP contribution in [0.1, 0.15) is 95.3 Å². The summed E-state index contributed by atoms with van der Waals surface area (Å²) < 4.78 is 13.8. The van der Waals surface area contributed by atoms with Crippen molar-refractivity contribution in [1.29, 1.82) is 0 Å². The summed E-state index contributed by atoms with van der Waals surface area (Å²) in [4.78, 5) is 0. The minimum atomic E-state index is -2.98. The first-order valence-electron chi connectivity index (χ1n) is 29.2. The van der Waals surface area contributed by atoms with Gasteiger partial charge in [0.2, 0.25) is 0 Å². The molecule has 14 rings (SSSR count). The molecule has 0 N–H and O–H groups in total. The summed E-state index contributed by atoms with van der Waals surface area (Å²) in [7, 11) is -3.69. The van der Waals surface area contributed by atoms with Crippen LogP contribution in [0.25, 0.3) is 68.8 Å². The third-order valence-electron chi connectivity index (χ3n) is 20.5. The summed E-state index contributed by atoms with van der Waals surface area (Å²) in [6.07, 6.45) is 10.8. The van der Waals surface area contributed by atoms with E-state index in [0.29, 0.717) is 14.7 Å². The number of hydrogen-bond donors (Lipinski definition) is 0. The van der Waals surface area contributed by atoms with Gasteiger partial charge < -0.3 is 0 Å². The van der Waals surface area contributed by atoms with E-state index in [1.807, 2.05) is 20.8 Å². The average Bonchev–Trinajstić information content (AvgIpc) is 4.12. The maximum atomic E-state index is 2.77. The van der Waals surface area contributed by atoms with Crippen LogP contribution < -0.4 is 0 Å². The molecule has 2 aliphatic heterocycles. The first-order chi connectivity index (χ1) is 37.5. The van der Waals surface area contributed by atoms with E-state index in [0.717, 1.165) is 0 Å². The Morgan fingerprint density at radius 3 is 0.744 bits per heavy atom. The van der Waals surface area contributed by atoms with E-state index in [-0.39, 0.29) is 0 Å². The summed E-state index contributed by atoms with van der Waals surface area (Å²) >= 11 is -5.96. The van der Waals surface area contributed by atoms with Crippen LogP contribution in [0.2, 0.25) is 43.9 Å². The molecule has 0 amide bonds. The molecule has 0 radical (unpaired) electrons. The van der Waals surface area contributed by atoms with Gasteiger partial charge in [0.05, 0.1) is 0 Å². The van der Waals surface area contributed by atoms with Crippen molar-refractivity contribution in [3.63, 3.8) is 0 Å². The third-order valence-corrected chi connectivity index (χ3v) is 64.6. The van der Waals surface area contributed by atoms with Crippen LogP contribution >= 0.6 is 0 Å². The van der Waals surface area contributed by atoms with Gasteiger partial charge in [-0.15, -0.1) is 0 Å². The van der Waals surface area contributed by atoms with Crippen LogP contribution in [0.4, 0.5) is 0 Å². The predicted molar refractivity (Wildman–Crippen MR) is 337 cm³/mol. The van der Waals surface area contributed by atoms with Gasteiger partial charge in [0.15, 0.2) is 0 Å². The summed E-state index contributed by atoms with van der Waals surface area (Å²) in [6, 6.07) is 67.7. The molecule has 78 heavy (non-hydrogen) atoms. The van der Waals surface area contributed by atoms with E-state index < -0.39 is 56.1 Å². The first-order valence-corrected chi connectivity index (χ1v) is 57.2. The number of aryl methyl sites for hydroxylation is 4. The van der Waals surface area contributed by atoms with Crippen molar-refractivity contribution in [1.82, 2.24) is 0 Å². The fourth-order valence-electron chi connectivity index (χ4n) is 16.5. The second-order valence-corrected chi connectivity index (χ2v) is 69.4. The monoisotopic (exact) mass is 1380 g/mol. The Balaban J connectivity index is 0.000000148. The molecule has 4 heteroatoms. The van der Waals surface area contributed by atoms with Crippen LogP contribution in [-0.2, 0) is 39.9 Å². The quantitative estimate of drug-likeness (QED) is 0.146. The van der Waals surface area contributed by atoms with Gasteiger partial charge in [0, 0.05) is 0 Å². The number of allylic oxidation sites excluding steroid dienone is 4. The van der Waals surface area contributed by atoms with Gasteiger partial charge in [-0.25, -0.2) is 0 Å². The van der Waals surface area contributed by atoms with E-state index >= 15 is 0 Å². The Morgan fingerprint density at radius 1 is 0.321 bits per heavy atom. The molecule has 2 saturated heterocycles. The van der Waals surface area contributed by atoms with Crippen molar-refractivity contribution >= 4 is 40.5 Å². The average molecular weight is 1380 g/mol. The van der Waals surface area contributed by atoms with Gasteiger partial charge in [-0.1, -0.05) is 0 Å². The summed E-state index contributed by atoms with van der Waals surface area (Å²) in [6.45, 7) is 19.2. The van der Waals surface area contributed by atoms with Crippen molar-refractivity contribution in [3.05, 3.63) is 257 Å². The van der Waals surface area contributed by atoms with Gasteiger partial charge in [-0.2, -0.15) is 0 Å². The van der Waals surface area contributed by atoms with E-state index in [1.54, 1.807) is 22.3 Å². The van der Waals surface area contributed by atoms with Gasteiger partial charge in [0.25, 0.3) is 0 Å². The predicted octanol–water partition coefficient (Wildman–Crippen LogP) is 21.3. The standard InChI is InChI=1S/2C35H32Si.4CH3.2Hf/c2*1-5-36(4,30-20-28-14-8-16-32(34(28)22-30)26-12-6-10-24(2)18-26)31-21-29-15-9-17-33(35(29)23-31)27-13-7-11-25(3)19-27;;;;;;/h2*6-23H,5H2,1-4H3;4*1H3;;. The minimum absolute atomic E-state index is 0.685. The molecule has 4 unspecified atom stereocenters. The molecule has 0 saturated carbocycles. The van der Waals surface area contributed by atoms with Crippen molar-refractivity contribution in [2.24, 2.45) is 0 Å². The normalized spacial score (nSPS) is 23.8. The Bertz CT molecular complexity index is 3450. The molecule has 388 valence electrons. The van der Waals surface area contributed by atoms with Crippen molar-refractivity contribution in [2.75, 3.05) is 0 Å². The molecule has 0 bridgehead atoms. The number of benzene rings is 8. The molecule has 6 aliphatic rings. The molecule has 0 spiro atoms. The zero-order valence-electron chi connectivity index (χ0n) is 48.2. The topological polar surface area (TPSA) is 0 Å². The Morgan fingerprint density at radius 2 is 0.538 bits per heavy atom. The molecular formula is C74H76Hf2Si2. The van der Waals surface area contributed by atoms with Crippen molar-refractivity contribution in [3.8, 4) is 44.5 Å². The van der Waals surface area contributed by atoms with Crippen LogP contribution in [0.5, 0.6) is 0 Å². The summed E-state index contributed by atoms with van der Waals surface area (Å²) in [5, 5.41) is 7.39. The van der Waals surface area contributed by atoms with Gasteiger partial charge in [0.1, 0.15) is 0 Å². The second kappa shape index (κ2) is 19.3. The fraction of sp³-hybridized carbons (Fsp3) is 0.243. The molecule has 8 aromatic rings. The third kappa shape index (κ3) is 7.94. The zero-order valence-corrected chi connectivity index (χ0v) is 57.4. The molecule has 0 aromatic heterocycles. The Hall–Kier alpha value is -5.11. The van der Waals surface area contributed by atoms with Crippen LogP contribution in [0.15, 0.2) is 191 Å². The molecule has 2 fully saturated rings. The van der Waals surface area contributed by atoms with E-state index in [9.17, 15) is 0 Å². The van der Waals surface area contributed by atoms with Gasteiger partial charge in [-0.3, -0.25) is 0 Å². The SMILES string of the molecule is CC[Si]1(C)C2=Cc3c(-c4cccc(C)c4)cccc3[CH]2[Hf]([CH3])([CH3])[CH]2C1=Cc1c(-c3cccc(C)c3)cccc12.CC[Si]1(C)C2=Cc3c(-c4cccc(C)c4)cccc3[CH]2[Hf]([CH3])([CH3])[CH]2C1=Cc1c(-c3cccc(C)c3)cccc12. The van der Waals surface area contributed by atoms with Crippen LogP contribution in [-0.4, -0.2) is 16.1 Å². The summed E-state index contributed by atoms with van der Waals surface area (Å²) in [5.74, 6) is 0. The van der Waals surface area contributed by atoms with E-state index in [1.165, 1.54) is 101 Å². The van der Waals surface area contributed by atoms with Crippen LogP contribution in [0, 0.1) is 27.7 Å². The maximum absolute atomic E-state index is 2.98. The first kappa shape index (κ1) is 52.3. The Kier molecular flexibility index (Phi) is 12.9. The fourth-order valence-corrected chi connectivity index (χ4v) is 80.0. The number of rotatable bonds is 6. The summed E-state index contributed by atoms with van der Waals surface area (Å²) in [5.41, 5.74) is 29.2. The molecular weight excluding hydrogens is 1300 g/mol. The molecule has 4 atom stereocenters. The van der Waals surface area contributed by atoms with Gasteiger partial charge >= 0.3 is 482 Å². The van der Waals surface area contributed by atoms with Gasteiger partial charge in [-0.05, 0) is 0 Å². The van der Waals surface area contributed by atoms with E-state index in [4.69, 9.17) is 0 Å². The molecule has 4 aliphatic carbocycles. The molecule has 0 nitrogen and oxygen atoms in total. The second-order valence-electron chi connectivity index (χ2n) is 25.9. The molecule has 8 aromatic carbocycles. The number of hydrogen-bond acceptors (Lipinski definition) is 0. The van der Waals surface area contributed by atoms with Crippen molar-refractivity contribution in [2.45, 2.75) is 100 Å². The van der Waals surface area contributed by atoms with Crippen LogP contribution in [0.3, 0.4) is 0 Å². The van der Waals surface area contributed by atoms with Crippen molar-refractivity contribution < 1.29 is 39.9 Å². The van der Waals surface area contributed by atoms with E-state index in [2.05, 4.69) is 268 Å². The Labute approximate surface area is 477 Å². The zero-order chi connectivity index (χ0) is 54.2. The molecule has 2 heterocycles. The number of fused-ring (bicyclic) bond motifs is 12.